The molecule has 0 spiro atoms. The lowest BCUT2D eigenvalue weighted by Gasteiger charge is -2.22. The number of aromatic nitrogens is 3. The van der Waals surface area contributed by atoms with Crippen molar-refractivity contribution in [2.45, 2.75) is 26.3 Å². The van der Waals surface area contributed by atoms with E-state index in [-0.39, 0.29) is 16.6 Å². The van der Waals surface area contributed by atoms with Crippen molar-refractivity contribution in [1.82, 2.24) is 19.4 Å². The van der Waals surface area contributed by atoms with Crippen molar-refractivity contribution in [2.75, 3.05) is 44.4 Å². The molecule has 1 aliphatic rings. The van der Waals surface area contributed by atoms with Crippen molar-refractivity contribution in [3.8, 4) is 11.3 Å². The number of carbonyl (C=O) groups excluding carboxylic acids is 1. The molecule has 0 radical (unpaired) electrons. The van der Waals surface area contributed by atoms with Gasteiger partial charge in [-0.1, -0.05) is 18.2 Å². The third-order valence-electron chi connectivity index (χ3n) is 7.38. The van der Waals surface area contributed by atoms with E-state index in [0.29, 0.717) is 29.2 Å². The number of nitro benzene ring substituents is 1. The first-order chi connectivity index (χ1) is 19.6. The average Bonchev–Trinajstić information content (AvgIpc) is 3.32. The van der Waals surface area contributed by atoms with Crippen LogP contribution >= 0.6 is 0 Å². The number of hydrogen-bond donors (Lipinski definition) is 2. The lowest BCUT2D eigenvalue weighted by molar-refractivity contribution is -0.384. The zero-order valence-corrected chi connectivity index (χ0v) is 23.7. The fourth-order valence-electron chi connectivity index (χ4n) is 5.26. The van der Waals surface area contributed by atoms with Gasteiger partial charge in [0.25, 0.3) is 5.69 Å². The second-order valence-corrected chi connectivity index (χ2v) is 10.6. The molecule has 0 unspecified atom stereocenters. The zero-order chi connectivity index (χ0) is 29.3. The lowest BCUT2D eigenvalue weighted by atomic mass is 10.0. The number of nitrogens with one attached hydrogen (secondary N) is 1. The molecule has 0 saturated heterocycles. The maximum absolute atomic E-state index is 12.0. The van der Waals surface area contributed by atoms with E-state index in [2.05, 4.69) is 39.3 Å². The molecule has 11 heteroatoms. The van der Waals surface area contributed by atoms with E-state index in [1.807, 2.05) is 43.9 Å². The van der Waals surface area contributed by atoms with E-state index in [1.165, 1.54) is 23.2 Å². The average molecular weight is 555 g/mol. The highest BCUT2D eigenvalue weighted by molar-refractivity contribution is 6.00. The van der Waals surface area contributed by atoms with E-state index >= 15 is 0 Å². The van der Waals surface area contributed by atoms with Crippen LogP contribution in [0, 0.1) is 17.0 Å². The molecule has 5 rings (SSSR count). The van der Waals surface area contributed by atoms with Crippen LogP contribution in [-0.2, 0) is 17.8 Å². The molecule has 212 valence electrons. The number of rotatable bonds is 10. The summed E-state index contributed by atoms with van der Waals surface area (Å²) in [6, 6.07) is 9.62. The summed E-state index contributed by atoms with van der Waals surface area (Å²) in [5.74, 6) is -0.284. The topological polar surface area (TPSA) is 135 Å². The summed E-state index contributed by atoms with van der Waals surface area (Å²) in [4.78, 5) is 36.5. The Morgan fingerprint density at radius 1 is 1.24 bits per heavy atom. The lowest BCUT2D eigenvalue weighted by Crippen LogP contribution is -2.29. The molecule has 41 heavy (non-hydrogen) atoms. The molecule has 0 fully saturated rings. The van der Waals surface area contributed by atoms with Gasteiger partial charge in [-0.3, -0.25) is 14.9 Å². The first-order valence-electron chi connectivity index (χ1n) is 13.5. The van der Waals surface area contributed by atoms with Crippen LogP contribution in [0.2, 0.25) is 0 Å². The Balaban J connectivity index is 1.57. The van der Waals surface area contributed by atoms with E-state index in [4.69, 9.17) is 10.7 Å². The number of nitro groups is 1. The zero-order valence-electron chi connectivity index (χ0n) is 23.7. The largest absolute Gasteiger partial charge is 0.368 e. The number of nitrogens with two attached hydrogens (primary N) is 1. The Kier molecular flexibility index (Phi) is 7.71. The second kappa shape index (κ2) is 11.4. The molecule has 0 aliphatic carbocycles. The quantitative estimate of drug-likeness (QED) is 0.166. The molecule has 0 saturated carbocycles. The third kappa shape index (κ3) is 5.75. The minimum atomic E-state index is -0.570. The van der Waals surface area contributed by atoms with E-state index < -0.39 is 5.91 Å². The smallest absolute Gasteiger partial charge is 0.294 e. The van der Waals surface area contributed by atoms with Gasteiger partial charge >= 0.3 is 0 Å². The minimum Gasteiger partial charge on any atom is -0.368 e. The number of para-hydroxylation sites is 1. The summed E-state index contributed by atoms with van der Waals surface area (Å²) in [5.41, 5.74) is 11.9. The molecule has 2 aromatic carbocycles. The summed E-state index contributed by atoms with van der Waals surface area (Å²) >= 11 is 0. The van der Waals surface area contributed by atoms with Crippen LogP contribution in [-0.4, -0.2) is 64.5 Å². The summed E-state index contributed by atoms with van der Waals surface area (Å²) in [6.07, 6.45) is 8.70. The van der Waals surface area contributed by atoms with Crippen molar-refractivity contribution >= 4 is 45.9 Å². The van der Waals surface area contributed by atoms with Gasteiger partial charge in [0, 0.05) is 67.7 Å². The van der Waals surface area contributed by atoms with Crippen molar-refractivity contribution < 1.29 is 9.72 Å². The molecule has 2 aromatic heterocycles. The van der Waals surface area contributed by atoms with Gasteiger partial charge in [0.05, 0.1) is 21.8 Å². The van der Waals surface area contributed by atoms with Crippen LogP contribution in [0.1, 0.15) is 23.1 Å². The van der Waals surface area contributed by atoms with Crippen molar-refractivity contribution in [3.63, 3.8) is 0 Å². The standard InChI is InChI=1S/C30H34N8O3/c1-19-15-25(36(4)14-13-35(2)3)26(38(40)41)16-24(19)33-30-32-17-21(10-11-27(31)39)28(34-30)23-18-37-12-6-8-20-7-5-9-22(23)29(20)37/h5,7,9-11,15-18H,6,8,12-14H2,1-4H3,(H2,31,39)(H,32,33,34). The number of benzene rings is 2. The summed E-state index contributed by atoms with van der Waals surface area (Å²) < 4.78 is 2.25. The number of aryl methyl sites for hydroxylation is 3. The number of amides is 1. The molecule has 0 bridgehead atoms. The van der Waals surface area contributed by atoms with E-state index in [1.54, 1.807) is 12.3 Å². The van der Waals surface area contributed by atoms with E-state index in [9.17, 15) is 14.9 Å². The molecule has 1 amide bonds. The van der Waals surface area contributed by atoms with Crippen LogP contribution in [0.5, 0.6) is 0 Å². The Morgan fingerprint density at radius 3 is 2.78 bits per heavy atom. The Morgan fingerprint density at radius 2 is 2.05 bits per heavy atom. The predicted octanol–water partition coefficient (Wildman–Crippen LogP) is 4.50. The summed E-state index contributed by atoms with van der Waals surface area (Å²) in [7, 11) is 5.78. The molecule has 3 heterocycles. The van der Waals surface area contributed by atoms with Gasteiger partial charge in [-0.05, 0) is 57.1 Å². The van der Waals surface area contributed by atoms with Gasteiger partial charge in [0.1, 0.15) is 5.69 Å². The highest BCUT2D eigenvalue weighted by Gasteiger charge is 2.22. The maximum Gasteiger partial charge on any atom is 0.294 e. The first kappa shape index (κ1) is 27.8. The second-order valence-electron chi connectivity index (χ2n) is 10.6. The SMILES string of the molecule is Cc1cc(N(C)CCN(C)C)c([N+](=O)[O-])cc1Nc1ncc(C=CC(N)=O)c(-c2cn3c4c(cccc24)CCC3)n1. The predicted molar refractivity (Wildman–Crippen MR) is 162 cm³/mol. The highest BCUT2D eigenvalue weighted by Crippen LogP contribution is 2.38. The Hall–Kier alpha value is -4.77. The van der Waals surface area contributed by atoms with Crippen LogP contribution in [0.15, 0.2) is 48.8 Å². The fraction of sp³-hybridized carbons (Fsp3) is 0.300. The van der Waals surface area contributed by atoms with Gasteiger partial charge in [0.2, 0.25) is 11.9 Å². The number of primary amides is 1. The van der Waals surface area contributed by atoms with E-state index in [0.717, 1.165) is 42.4 Å². The first-order valence-corrected chi connectivity index (χ1v) is 13.5. The van der Waals surface area contributed by atoms with Crippen molar-refractivity contribution in [1.29, 1.82) is 0 Å². The third-order valence-corrected chi connectivity index (χ3v) is 7.38. The van der Waals surface area contributed by atoms with Crippen molar-refractivity contribution in [2.24, 2.45) is 5.73 Å². The number of anilines is 3. The minimum absolute atomic E-state index is 0.00502. The molecule has 0 atom stereocenters. The van der Waals surface area contributed by atoms with Gasteiger partial charge in [-0.15, -0.1) is 0 Å². The Labute approximate surface area is 238 Å². The monoisotopic (exact) mass is 554 g/mol. The number of carbonyl (C=O) groups is 1. The normalized spacial score (nSPS) is 12.8. The number of nitrogens with zero attached hydrogens (tertiary/aromatic N) is 6. The van der Waals surface area contributed by atoms with Gasteiger partial charge in [-0.2, -0.15) is 0 Å². The van der Waals surface area contributed by atoms with Gasteiger partial charge < -0.3 is 25.4 Å². The molecular formula is C30H34N8O3. The molecular weight excluding hydrogens is 520 g/mol. The highest BCUT2D eigenvalue weighted by atomic mass is 16.6. The summed E-state index contributed by atoms with van der Waals surface area (Å²) in [5, 5.41) is 16.3. The fourth-order valence-corrected chi connectivity index (χ4v) is 5.26. The molecule has 1 aliphatic heterocycles. The van der Waals surface area contributed by atoms with Crippen LogP contribution in [0.4, 0.5) is 23.0 Å². The Bertz CT molecular complexity index is 1670. The molecule has 3 N–H and O–H groups in total. The van der Waals surface area contributed by atoms with Crippen molar-refractivity contribution in [3.05, 3.63) is 75.6 Å². The van der Waals surface area contributed by atoms with Crippen LogP contribution in [0.25, 0.3) is 28.2 Å². The number of likely N-dealkylation sites (N-methyl/N-ethyl adjacent to an activating group) is 2. The molecule has 4 aromatic rings. The molecule has 11 nitrogen and oxygen atoms in total. The van der Waals surface area contributed by atoms with Crippen LogP contribution < -0.4 is 16.0 Å². The van der Waals surface area contributed by atoms with Gasteiger partial charge in [0.15, 0.2) is 0 Å². The number of hydrogen-bond acceptors (Lipinski definition) is 8. The summed E-state index contributed by atoms with van der Waals surface area (Å²) in [6.45, 7) is 4.21. The van der Waals surface area contributed by atoms with Crippen LogP contribution in [0.3, 0.4) is 0 Å². The van der Waals surface area contributed by atoms with Gasteiger partial charge in [-0.25, -0.2) is 9.97 Å². The maximum atomic E-state index is 12.0.